The van der Waals surface area contributed by atoms with Crippen molar-refractivity contribution in [3.05, 3.63) is 6.92 Å². The van der Waals surface area contributed by atoms with Crippen molar-refractivity contribution in [3.8, 4) is 0 Å². The lowest BCUT2D eigenvalue weighted by atomic mass is 10.1. The fraction of sp³-hybridized carbons (Fsp3) is 0.909. The second-order valence-electron chi connectivity index (χ2n) is 3.46. The van der Waals surface area contributed by atoms with E-state index in [0.717, 1.165) is 25.7 Å². The normalized spacial score (nSPS) is 15.7. The molecule has 2 unspecified atom stereocenters. The van der Waals surface area contributed by atoms with Crippen molar-refractivity contribution in [2.45, 2.75) is 58.2 Å². The summed E-state index contributed by atoms with van der Waals surface area (Å²) in [5.41, 5.74) is 0. The van der Waals surface area contributed by atoms with E-state index in [1.54, 1.807) is 0 Å². The standard InChI is InChI=1S/C11H22FO/c1-4-6-7-8-11(12)9-13-10(3)5-2/h10-11H,3-9H2,1-2H3. The summed E-state index contributed by atoms with van der Waals surface area (Å²) >= 11 is 0. The van der Waals surface area contributed by atoms with Gasteiger partial charge in [-0.3, -0.25) is 0 Å². The molecule has 0 amide bonds. The Morgan fingerprint density at radius 3 is 2.54 bits per heavy atom. The summed E-state index contributed by atoms with van der Waals surface area (Å²) < 4.78 is 18.3. The molecule has 0 aromatic heterocycles. The fourth-order valence-electron chi connectivity index (χ4n) is 1.06. The molecular weight excluding hydrogens is 167 g/mol. The van der Waals surface area contributed by atoms with Gasteiger partial charge in [-0.15, -0.1) is 0 Å². The zero-order valence-corrected chi connectivity index (χ0v) is 8.89. The highest BCUT2D eigenvalue weighted by atomic mass is 19.1. The van der Waals surface area contributed by atoms with Crippen molar-refractivity contribution >= 4 is 0 Å². The highest BCUT2D eigenvalue weighted by molar-refractivity contribution is 4.60. The van der Waals surface area contributed by atoms with Gasteiger partial charge in [0.15, 0.2) is 0 Å². The molecule has 0 rings (SSSR count). The first-order valence-corrected chi connectivity index (χ1v) is 5.29. The molecule has 0 aliphatic heterocycles. The fourth-order valence-corrected chi connectivity index (χ4v) is 1.06. The summed E-state index contributed by atoms with van der Waals surface area (Å²) in [6, 6.07) is 0. The van der Waals surface area contributed by atoms with Crippen molar-refractivity contribution in [2.24, 2.45) is 0 Å². The van der Waals surface area contributed by atoms with Crippen molar-refractivity contribution < 1.29 is 9.13 Å². The summed E-state index contributed by atoms with van der Waals surface area (Å²) in [5.74, 6) is 0. The Kier molecular flexibility index (Phi) is 8.41. The molecule has 0 heterocycles. The van der Waals surface area contributed by atoms with Gasteiger partial charge < -0.3 is 4.74 Å². The number of halogens is 1. The molecule has 13 heavy (non-hydrogen) atoms. The maximum Gasteiger partial charge on any atom is 0.123 e. The number of hydrogen-bond donors (Lipinski definition) is 0. The minimum atomic E-state index is -0.803. The van der Waals surface area contributed by atoms with Crippen LogP contribution >= 0.6 is 0 Å². The molecule has 2 heteroatoms. The van der Waals surface area contributed by atoms with Gasteiger partial charge >= 0.3 is 0 Å². The first-order valence-electron chi connectivity index (χ1n) is 5.29. The SMILES string of the molecule is [CH2]C(CC)OCC(F)CCCCC. The average Bonchev–Trinajstić information content (AvgIpc) is 2.14. The third-order valence-corrected chi connectivity index (χ3v) is 2.09. The Balaban J connectivity index is 3.24. The van der Waals surface area contributed by atoms with Crippen molar-refractivity contribution in [1.82, 2.24) is 0 Å². The number of hydrogen-bond acceptors (Lipinski definition) is 1. The van der Waals surface area contributed by atoms with E-state index in [1.807, 2.05) is 6.92 Å². The molecule has 0 aromatic carbocycles. The second-order valence-corrected chi connectivity index (χ2v) is 3.46. The Morgan fingerprint density at radius 1 is 1.31 bits per heavy atom. The van der Waals surface area contributed by atoms with Gasteiger partial charge in [-0.25, -0.2) is 4.39 Å². The minimum Gasteiger partial charge on any atom is -0.375 e. The van der Waals surface area contributed by atoms with E-state index in [1.165, 1.54) is 0 Å². The van der Waals surface area contributed by atoms with Crippen LogP contribution in [-0.2, 0) is 4.74 Å². The lowest BCUT2D eigenvalue weighted by molar-refractivity contribution is 0.0371. The monoisotopic (exact) mass is 189 g/mol. The molecular formula is C11H22FO. The van der Waals surface area contributed by atoms with Crippen LogP contribution in [0.3, 0.4) is 0 Å². The molecule has 0 aromatic rings. The molecule has 2 atom stereocenters. The molecule has 0 fully saturated rings. The summed E-state index contributed by atoms with van der Waals surface area (Å²) in [6.07, 6.45) is 3.84. The van der Waals surface area contributed by atoms with Crippen LogP contribution in [0.25, 0.3) is 0 Å². The molecule has 0 N–H and O–H groups in total. The topological polar surface area (TPSA) is 9.23 Å². The highest BCUT2D eigenvalue weighted by Gasteiger charge is 2.08. The molecule has 79 valence electrons. The van der Waals surface area contributed by atoms with Crippen LogP contribution in [0.5, 0.6) is 0 Å². The minimum absolute atomic E-state index is 0.0515. The van der Waals surface area contributed by atoms with Crippen LogP contribution in [0.1, 0.15) is 46.0 Å². The lowest BCUT2D eigenvalue weighted by Gasteiger charge is -2.13. The third kappa shape index (κ3) is 8.23. The molecule has 0 spiro atoms. The summed E-state index contributed by atoms with van der Waals surface area (Å²) in [7, 11) is 0. The smallest absolute Gasteiger partial charge is 0.123 e. The van der Waals surface area contributed by atoms with E-state index < -0.39 is 6.17 Å². The quantitative estimate of drug-likeness (QED) is 0.531. The van der Waals surface area contributed by atoms with Gasteiger partial charge in [-0.1, -0.05) is 33.1 Å². The number of rotatable bonds is 8. The number of unbranched alkanes of at least 4 members (excludes halogenated alkanes) is 2. The molecule has 1 radical (unpaired) electrons. The summed E-state index contributed by atoms with van der Waals surface area (Å²) in [4.78, 5) is 0. The summed E-state index contributed by atoms with van der Waals surface area (Å²) in [5, 5.41) is 0. The first kappa shape index (κ1) is 12.9. The average molecular weight is 189 g/mol. The van der Waals surface area contributed by atoms with E-state index >= 15 is 0 Å². The molecule has 0 aliphatic carbocycles. The van der Waals surface area contributed by atoms with Gasteiger partial charge in [0.05, 0.1) is 12.7 Å². The van der Waals surface area contributed by atoms with Gasteiger partial charge in [0.1, 0.15) is 6.17 Å². The maximum atomic E-state index is 13.1. The predicted octanol–water partition coefficient (Wildman–Crippen LogP) is 3.53. The predicted molar refractivity (Wildman–Crippen MR) is 54.4 cm³/mol. The largest absolute Gasteiger partial charge is 0.375 e. The molecule has 0 saturated carbocycles. The van der Waals surface area contributed by atoms with Crippen LogP contribution in [0.15, 0.2) is 0 Å². The number of ether oxygens (including phenoxy) is 1. The molecule has 0 saturated heterocycles. The summed E-state index contributed by atoms with van der Waals surface area (Å²) in [6.45, 7) is 8.06. The Bertz CT molecular complexity index is 106. The van der Waals surface area contributed by atoms with Gasteiger partial charge in [-0.05, 0) is 19.8 Å². The van der Waals surface area contributed by atoms with E-state index in [-0.39, 0.29) is 12.7 Å². The second kappa shape index (κ2) is 8.49. The van der Waals surface area contributed by atoms with E-state index in [0.29, 0.717) is 6.42 Å². The molecule has 1 nitrogen and oxygen atoms in total. The Hall–Kier alpha value is -0.110. The van der Waals surface area contributed by atoms with E-state index in [2.05, 4.69) is 13.8 Å². The van der Waals surface area contributed by atoms with E-state index in [4.69, 9.17) is 4.74 Å². The third-order valence-electron chi connectivity index (χ3n) is 2.09. The maximum absolute atomic E-state index is 13.1. The Labute approximate surface area is 81.7 Å². The zero-order chi connectivity index (χ0) is 10.1. The molecule has 0 bridgehead atoms. The van der Waals surface area contributed by atoms with Gasteiger partial charge in [0.2, 0.25) is 0 Å². The van der Waals surface area contributed by atoms with Gasteiger partial charge in [0, 0.05) is 0 Å². The van der Waals surface area contributed by atoms with Crippen molar-refractivity contribution in [3.63, 3.8) is 0 Å². The Morgan fingerprint density at radius 2 is 2.00 bits per heavy atom. The van der Waals surface area contributed by atoms with E-state index in [9.17, 15) is 4.39 Å². The highest BCUT2D eigenvalue weighted by Crippen LogP contribution is 2.08. The molecule has 0 aliphatic rings. The van der Waals surface area contributed by atoms with Gasteiger partial charge in [0.25, 0.3) is 0 Å². The van der Waals surface area contributed by atoms with Crippen molar-refractivity contribution in [2.75, 3.05) is 6.61 Å². The van der Waals surface area contributed by atoms with Crippen LogP contribution in [0.2, 0.25) is 0 Å². The van der Waals surface area contributed by atoms with Crippen LogP contribution in [0, 0.1) is 6.92 Å². The van der Waals surface area contributed by atoms with Crippen LogP contribution in [-0.4, -0.2) is 18.9 Å². The van der Waals surface area contributed by atoms with Crippen LogP contribution in [0.4, 0.5) is 4.39 Å². The lowest BCUT2D eigenvalue weighted by Crippen LogP contribution is -2.16. The first-order chi connectivity index (χ1) is 6.20. The van der Waals surface area contributed by atoms with Crippen LogP contribution < -0.4 is 0 Å². The van der Waals surface area contributed by atoms with Crippen molar-refractivity contribution in [1.29, 1.82) is 0 Å². The zero-order valence-electron chi connectivity index (χ0n) is 8.89. The number of alkyl halides is 1. The van der Waals surface area contributed by atoms with Gasteiger partial charge in [-0.2, -0.15) is 0 Å².